The van der Waals surface area contributed by atoms with Crippen LogP contribution in [-0.2, 0) is 10.2 Å². The zero-order chi connectivity index (χ0) is 21.0. The fraction of sp³-hybridized carbons (Fsp3) is 0.421. The summed E-state index contributed by atoms with van der Waals surface area (Å²) in [7, 11) is -4.03. The summed E-state index contributed by atoms with van der Waals surface area (Å²) < 4.78 is 33.6. The second-order valence-corrected chi connectivity index (χ2v) is 8.74. The number of oxazole rings is 1. The van der Waals surface area contributed by atoms with Crippen molar-refractivity contribution < 1.29 is 17.6 Å². The Bertz CT molecular complexity index is 1040. The maximum absolute atomic E-state index is 12.5. The van der Waals surface area contributed by atoms with Crippen LogP contribution in [0.1, 0.15) is 40.9 Å². The minimum Gasteiger partial charge on any atom is -0.431 e. The predicted molar refractivity (Wildman–Crippen MR) is 107 cm³/mol. The lowest BCUT2D eigenvalue weighted by Gasteiger charge is -2.19. The Morgan fingerprint density at radius 3 is 2.86 bits per heavy atom. The standard InChI is InChI=1S/C19H23N5O4S/c1-13-5-6-14(2)16(10-13)21-19-22-17(12-28-19)18(25)23-29(26,27)24-8-3-4-15(11-20)7-9-24/h5-6,10,12,15H,3-4,7-9H2,1-2H3,(H,21,22)(H,23,25). The Labute approximate surface area is 169 Å². The minimum atomic E-state index is -4.03. The van der Waals surface area contributed by atoms with Crippen LogP contribution in [0, 0.1) is 31.1 Å². The molecule has 2 heterocycles. The summed E-state index contributed by atoms with van der Waals surface area (Å²) in [5.74, 6) is -1.04. The van der Waals surface area contributed by atoms with E-state index in [-0.39, 0.29) is 30.7 Å². The molecule has 0 spiro atoms. The minimum absolute atomic E-state index is 0.0906. The van der Waals surface area contributed by atoms with Gasteiger partial charge in [0.2, 0.25) is 0 Å². The highest BCUT2D eigenvalue weighted by Crippen LogP contribution is 2.22. The van der Waals surface area contributed by atoms with Gasteiger partial charge in [-0.2, -0.15) is 23.0 Å². The van der Waals surface area contributed by atoms with Crippen LogP contribution in [0.15, 0.2) is 28.9 Å². The number of anilines is 2. The number of nitrogens with zero attached hydrogens (tertiary/aromatic N) is 3. The average Bonchev–Trinajstić information content (AvgIpc) is 2.99. The molecular weight excluding hydrogens is 394 g/mol. The molecule has 1 aromatic carbocycles. The van der Waals surface area contributed by atoms with Gasteiger partial charge in [0.15, 0.2) is 5.69 Å². The molecule has 1 atom stereocenters. The van der Waals surface area contributed by atoms with Crippen molar-refractivity contribution >= 4 is 27.8 Å². The highest BCUT2D eigenvalue weighted by molar-refractivity contribution is 7.87. The number of hydrogen-bond donors (Lipinski definition) is 2. The number of nitriles is 1. The smallest absolute Gasteiger partial charge is 0.304 e. The van der Waals surface area contributed by atoms with Gasteiger partial charge >= 0.3 is 10.2 Å². The topological polar surface area (TPSA) is 128 Å². The van der Waals surface area contributed by atoms with E-state index in [2.05, 4.69) is 16.4 Å². The van der Waals surface area contributed by atoms with Gasteiger partial charge in [-0.3, -0.25) is 4.79 Å². The first-order chi connectivity index (χ1) is 13.8. The van der Waals surface area contributed by atoms with Crippen LogP contribution in [0.2, 0.25) is 0 Å². The van der Waals surface area contributed by atoms with Gasteiger partial charge in [-0.1, -0.05) is 12.1 Å². The number of benzene rings is 1. The Morgan fingerprint density at radius 1 is 1.31 bits per heavy atom. The Balaban J connectivity index is 1.66. The van der Waals surface area contributed by atoms with Crippen LogP contribution in [0.5, 0.6) is 0 Å². The van der Waals surface area contributed by atoms with E-state index in [9.17, 15) is 13.2 Å². The lowest BCUT2D eigenvalue weighted by atomic mass is 10.0. The third-order valence-corrected chi connectivity index (χ3v) is 6.29. The molecule has 0 saturated carbocycles. The Kier molecular flexibility index (Phi) is 6.20. The molecule has 154 valence electrons. The van der Waals surface area contributed by atoms with E-state index < -0.39 is 16.1 Å². The Morgan fingerprint density at radius 2 is 2.10 bits per heavy atom. The molecular formula is C19H23N5O4S. The molecule has 0 aliphatic carbocycles. The molecule has 1 unspecified atom stereocenters. The maximum atomic E-state index is 12.5. The van der Waals surface area contributed by atoms with Crippen LogP contribution in [0.25, 0.3) is 0 Å². The van der Waals surface area contributed by atoms with Crippen LogP contribution >= 0.6 is 0 Å². The first-order valence-corrected chi connectivity index (χ1v) is 10.7. The van der Waals surface area contributed by atoms with Crippen molar-refractivity contribution in [1.29, 1.82) is 5.26 Å². The Hall–Kier alpha value is -2.90. The summed E-state index contributed by atoms with van der Waals surface area (Å²) in [4.78, 5) is 16.4. The number of aromatic nitrogens is 1. The molecule has 1 aliphatic rings. The normalized spacial score (nSPS) is 17.9. The number of rotatable bonds is 5. The van der Waals surface area contributed by atoms with Crippen molar-refractivity contribution in [2.45, 2.75) is 33.1 Å². The summed E-state index contributed by atoms with van der Waals surface area (Å²) in [5.41, 5.74) is 2.65. The fourth-order valence-electron chi connectivity index (χ4n) is 3.09. The van der Waals surface area contributed by atoms with Gasteiger partial charge in [0, 0.05) is 24.7 Å². The predicted octanol–water partition coefficient (Wildman–Crippen LogP) is 2.64. The second kappa shape index (κ2) is 8.63. The molecule has 0 radical (unpaired) electrons. The van der Waals surface area contributed by atoms with Gasteiger partial charge in [0.25, 0.3) is 11.9 Å². The largest absolute Gasteiger partial charge is 0.431 e. The summed E-state index contributed by atoms with van der Waals surface area (Å²) in [6, 6.07) is 8.10. The number of nitrogens with one attached hydrogen (secondary N) is 2. The van der Waals surface area contributed by atoms with Crippen LogP contribution in [-0.4, -0.2) is 36.7 Å². The van der Waals surface area contributed by atoms with Gasteiger partial charge in [-0.25, -0.2) is 4.72 Å². The SMILES string of the molecule is Cc1ccc(C)c(Nc2nc(C(=O)NS(=O)(=O)N3CCCC(C#N)CC3)co2)c1. The quantitative estimate of drug-likeness (QED) is 0.765. The molecule has 9 nitrogen and oxygen atoms in total. The van der Waals surface area contributed by atoms with E-state index >= 15 is 0 Å². The summed E-state index contributed by atoms with van der Waals surface area (Å²) in [6.45, 7) is 4.33. The molecule has 29 heavy (non-hydrogen) atoms. The average molecular weight is 417 g/mol. The van der Waals surface area contributed by atoms with Crippen molar-refractivity contribution in [3.05, 3.63) is 41.3 Å². The molecule has 1 saturated heterocycles. The third-order valence-electron chi connectivity index (χ3n) is 4.80. The van der Waals surface area contributed by atoms with Crippen LogP contribution < -0.4 is 10.0 Å². The van der Waals surface area contributed by atoms with E-state index in [0.717, 1.165) is 23.1 Å². The van der Waals surface area contributed by atoms with E-state index in [0.29, 0.717) is 19.3 Å². The second-order valence-electron chi connectivity index (χ2n) is 7.07. The van der Waals surface area contributed by atoms with Crippen LogP contribution in [0.4, 0.5) is 11.7 Å². The van der Waals surface area contributed by atoms with Crippen molar-refractivity contribution in [2.75, 3.05) is 18.4 Å². The molecule has 3 rings (SSSR count). The fourth-order valence-corrected chi connectivity index (χ4v) is 4.28. The number of carbonyl (C=O) groups is 1. The first-order valence-electron chi connectivity index (χ1n) is 9.30. The first kappa shape index (κ1) is 20.8. The molecule has 0 bridgehead atoms. The van der Waals surface area contributed by atoms with Crippen molar-refractivity contribution in [2.24, 2.45) is 5.92 Å². The van der Waals surface area contributed by atoms with Crippen LogP contribution in [0.3, 0.4) is 0 Å². The molecule has 10 heteroatoms. The van der Waals surface area contributed by atoms with Gasteiger partial charge in [0.1, 0.15) is 6.26 Å². The van der Waals surface area contributed by atoms with E-state index in [1.165, 1.54) is 4.31 Å². The molecule has 1 amide bonds. The summed E-state index contributed by atoms with van der Waals surface area (Å²) in [5, 5.41) is 12.0. The zero-order valence-electron chi connectivity index (χ0n) is 16.3. The van der Waals surface area contributed by atoms with E-state index in [1.807, 2.05) is 36.8 Å². The number of carbonyl (C=O) groups excluding carboxylic acids is 1. The molecule has 1 fully saturated rings. The zero-order valence-corrected chi connectivity index (χ0v) is 17.1. The molecule has 2 aromatic rings. The lowest BCUT2D eigenvalue weighted by Crippen LogP contribution is -2.44. The van der Waals surface area contributed by atoms with Crippen molar-refractivity contribution in [1.82, 2.24) is 14.0 Å². The third kappa shape index (κ3) is 5.13. The van der Waals surface area contributed by atoms with E-state index in [4.69, 9.17) is 9.68 Å². The van der Waals surface area contributed by atoms with Crippen molar-refractivity contribution in [3.8, 4) is 6.07 Å². The van der Waals surface area contributed by atoms with Gasteiger partial charge in [0.05, 0.1) is 6.07 Å². The number of hydrogen-bond acceptors (Lipinski definition) is 7. The van der Waals surface area contributed by atoms with Gasteiger partial charge in [-0.15, -0.1) is 0 Å². The number of aryl methyl sites for hydroxylation is 2. The monoisotopic (exact) mass is 417 g/mol. The summed E-state index contributed by atoms with van der Waals surface area (Å²) in [6.07, 6.45) is 2.76. The highest BCUT2D eigenvalue weighted by Gasteiger charge is 2.28. The highest BCUT2D eigenvalue weighted by atomic mass is 32.2. The molecule has 2 N–H and O–H groups in total. The van der Waals surface area contributed by atoms with E-state index in [1.54, 1.807) is 0 Å². The van der Waals surface area contributed by atoms with Crippen molar-refractivity contribution in [3.63, 3.8) is 0 Å². The van der Waals surface area contributed by atoms with Gasteiger partial charge in [-0.05, 0) is 50.3 Å². The van der Waals surface area contributed by atoms with Gasteiger partial charge < -0.3 is 9.73 Å². The molecule has 1 aliphatic heterocycles. The lowest BCUT2D eigenvalue weighted by molar-refractivity contribution is 0.0974. The maximum Gasteiger partial charge on any atom is 0.304 e. The number of amides is 1. The summed E-state index contributed by atoms with van der Waals surface area (Å²) >= 11 is 0. The molecule has 1 aromatic heterocycles.